The lowest BCUT2D eigenvalue weighted by Crippen LogP contribution is -2.27. The van der Waals surface area contributed by atoms with Crippen LogP contribution in [0, 0.1) is 11.3 Å². The molecule has 9 aromatic rings. The number of aromatic nitrogens is 1. The smallest absolute Gasteiger partial charge is 0.137 e. The summed E-state index contributed by atoms with van der Waals surface area (Å²) in [6.45, 7) is 0. The number of hydrogen-bond acceptors (Lipinski definition) is 4. The summed E-state index contributed by atoms with van der Waals surface area (Å²) in [5.74, 6) is 0.817. The van der Waals surface area contributed by atoms with Crippen LogP contribution in [-0.4, -0.2) is 10.4 Å². The third-order valence-corrected chi connectivity index (χ3v) is 10.1. The summed E-state index contributed by atoms with van der Waals surface area (Å²) < 4.78 is 8.98. The minimum atomic E-state index is -0.268. The number of fused-ring (bicyclic) bond motifs is 6. The molecule has 10 rings (SSSR count). The minimum Gasteiger partial charge on any atom is -0.456 e. The van der Waals surface area contributed by atoms with E-state index in [1.165, 1.54) is 10.8 Å². The molecule has 5 nitrogen and oxygen atoms in total. The van der Waals surface area contributed by atoms with Crippen LogP contribution in [0.3, 0.4) is 0 Å². The van der Waals surface area contributed by atoms with Gasteiger partial charge in [-0.05, 0) is 70.8 Å². The standard InChI is InChI=1S/C47H30N4O/c48-29-30-18-20-31(21-19-30)32-22-24-33(25-23-32)40-27-41(50-47(49-40)34-10-3-1-4-11-34)37-15-9-17-44-46(37)39-26-38-36-14-7-8-16-42(36)51(35-12-5-2-6-13-35)43(38)28-45(39)52-44/h1-28,41H,(H,49,50). The van der Waals surface area contributed by atoms with Crippen molar-refractivity contribution in [2.24, 2.45) is 4.99 Å². The molecule has 0 aliphatic carbocycles. The molecule has 0 radical (unpaired) electrons. The maximum Gasteiger partial charge on any atom is 0.137 e. The van der Waals surface area contributed by atoms with Crippen molar-refractivity contribution >= 4 is 55.3 Å². The third kappa shape index (κ3) is 4.89. The second-order valence-electron chi connectivity index (χ2n) is 13.1. The van der Waals surface area contributed by atoms with Crippen LogP contribution in [0.1, 0.15) is 28.3 Å². The Hall–Kier alpha value is -7.16. The lowest BCUT2D eigenvalue weighted by atomic mass is 9.95. The number of aliphatic imine (C=N–C) groups is 1. The van der Waals surface area contributed by atoms with Crippen molar-refractivity contribution in [2.75, 3.05) is 0 Å². The van der Waals surface area contributed by atoms with Gasteiger partial charge in [-0.3, -0.25) is 4.99 Å². The van der Waals surface area contributed by atoms with E-state index in [4.69, 9.17) is 9.41 Å². The highest BCUT2D eigenvalue weighted by Crippen LogP contribution is 2.42. The van der Waals surface area contributed by atoms with E-state index in [0.717, 1.165) is 78.0 Å². The van der Waals surface area contributed by atoms with Gasteiger partial charge in [0, 0.05) is 44.6 Å². The van der Waals surface area contributed by atoms with E-state index in [-0.39, 0.29) is 6.04 Å². The van der Waals surface area contributed by atoms with Gasteiger partial charge in [-0.2, -0.15) is 5.26 Å². The number of hydrogen-bond donors (Lipinski definition) is 1. The van der Waals surface area contributed by atoms with Gasteiger partial charge in [-0.15, -0.1) is 0 Å². The van der Waals surface area contributed by atoms with Gasteiger partial charge in [0.15, 0.2) is 0 Å². The number of benzene rings is 7. The molecule has 52 heavy (non-hydrogen) atoms. The topological polar surface area (TPSA) is 66.2 Å². The molecule has 2 aromatic heterocycles. The molecule has 7 aromatic carbocycles. The van der Waals surface area contributed by atoms with Crippen LogP contribution in [0.5, 0.6) is 0 Å². The zero-order valence-corrected chi connectivity index (χ0v) is 28.0. The number of nitrogens with zero attached hydrogens (tertiary/aromatic N) is 3. The van der Waals surface area contributed by atoms with Crippen LogP contribution in [0.2, 0.25) is 0 Å². The zero-order valence-electron chi connectivity index (χ0n) is 28.0. The van der Waals surface area contributed by atoms with Crippen molar-refractivity contribution in [3.8, 4) is 22.9 Å². The van der Waals surface area contributed by atoms with E-state index in [0.29, 0.717) is 5.56 Å². The molecule has 1 aliphatic rings. The number of para-hydroxylation sites is 2. The van der Waals surface area contributed by atoms with Crippen LogP contribution < -0.4 is 5.32 Å². The number of furan rings is 1. The molecule has 1 aliphatic heterocycles. The normalized spacial score (nSPS) is 14.3. The van der Waals surface area contributed by atoms with E-state index < -0.39 is 0 Å². The SMILES string of the molecule is N#Cc1ccc(-c2ccc(C3=CC(c4cccc5oc6cc7c(cc6c45)c4ccccc4n7-c4ccccc4)N=C(c4ccccc4)N3)cc2)cc1. The van der Waals surface area contributed by atoms with Crippen molar-refractivity contribution in [2.45, 2.75) is 6.04 Å². The maximum atomic E-state index is 9.23. The molecule has 5 heteroatoms. The Kier molecular flexibility index (Phi) is 6.87. The van der Waals surface area contributed by atoms with Gasteiger partial charge in [0.1, 0.15) is 17.0 Å². The molecule has 0 amide bonds. The van der Waals surface area contributed by atoms with Gasteiger partial charge in [-0.1, -0.05) is 115 Å². The Labute approximate surface area is 300 Å². The van der Waals surface area contributed by atoms with E-state index in [2.05, 4.69) is 143 Å². The van der Waals surface area contributed by atoms with Crippen LogP contribution in [0.15, 0.2) is 179 Å². The summed E-state index contributed by atoms with van der Waals surface area (Å²) in [5, 5.41) is 17.4. The maximum absolute atomic E-state index is 9.23. The quantitative estimate of drug-likeness (QED) is 0.199. The van der Waals surface area contributed by atoms with Crippen LogP contribution in [0.4, 0.5) is 0 Å². The van der Waals surface area contributed by atoms with Crippen molar-refractivity contribution in [1.82, 2.24) is 9.88 Å². The first-order chi connectivity index (χ1) is 25.7. The molecular weight excluding hydrogens is 637 g/mol. The fourth-order valence-corrected chi connectivity index (χ4v) is 7.60. The fourth-order valence-electron chi connectivity index (χ4n) is 7.60. The molecule has 1 unspecified atom stereocenters. The zero-order chi connectivity index (χ0) is 34.6. The summed E-state index contributed by atoms with van der Waals surface area (Å²) in [7, 11) is 0. The summed E-state index contributed by atoms with van der Waals surface area (Å²) in [5.41, 5.74) is 12.0. The van der Waals surface area contributed by atoms with Gasteiger partial charge >= 0.3 is 0 Å². The molecule has 3 heterocycles. The first-order valence-electron chi connectivity index (χ1n) is 17.4. The van der Waals surface area contributed by atoms with E-state index in [1.54, 1.807) is 0 Å². The Balaban J connectivity index is 1.14. The molecule has 1 atom stereocenters. The Morgan fingerprint density at radius 2 is 1.27 bits per heavy atom. The largest absolute Gasteiger partial charge is 0.456 e. The van der Waals surface area contributed by atoms with Crippen LogP contribution >= 0.6 is 0 Å². The summed E-state index contributed by atoms with van der Waals surface area (Å²) in [6, 6.07) is 58.4. The van der Waals surface area contributed by atoms with Crippen LogP contribution in [0.25, 0.3) is 66.3 Å². The predicted molar refractivity (Wildman–Crippen MR) is 211 cm³/mol. The first-order valence-corrected chi connectivity index (χ1v) is 17.4. The average Bonchev–Trinajstić information content (AvgIpc) is 3.75. The number of amidine groups is 1. The molecule has 0 saturated carbocycles. The monoisotopic (exact) mass is 666 g/mol. The highest BCUT2D eigenvalue weighted by Gasteiger charge is 2.24. The summed E-state index contributed by atoms with van der Waals surface area (Å²) in [6.07, 6.45) is 2.22. The van der Waals surface area contributed by atoms with Crippen LogP contribution in [-0.2, 0) is 0 Å². The molecule has 0 saturated heterocycles. The average molecular weight is 667 g/mol. The van der Waals surface area contributed by atoms with Gasteiger partial charge in [-0.25, -0.2) is 0 Å². The van der Waals surface area contributed by atoms with Crippen molar-refractivity contribution in [3.05, 3.63) is 192 Å². The fraction of sp³-hybridized carbons (Fsp3) is 0.0213. The summed E-state index contributed by atoms with van der Waals surface area (Å²) >= 11 is 0. The van der Waals surface area contributed by atoms with E-state index in [9.17, 15) is 5.26 Å². The van der Waals surface area contributed by atoms with Crippen molar-refractivity contribution in [1.29, 1.82) is 5.26 Å². The second kappa shape index (κ2) is 12.0. The van der Waals surface area contributed by atoms with E-state index in [1.807, 2.05) is 42.5 Å². The molecule has 0 spiro atoms. The second-order valence-corrected chi connectivity index (χ2v) is 13.1. The molecule has 0 bridgehead atoms. The lowest BCUT2D eigenvalue weighted by molar-refractivity contribution is 0.668. The number of rotatable bonds is 5. The van der Waals surface area contributed by atoms with Crippen molar-refractivity contribution < 1.29 is 4.42 Å². The van der Waals surface area contributed by atoms with E-state index >= 15 is 0 Å². The molecular formula is C47H30N4O. The van der Waals surface area contributed by atoms with Gasteiger partial charge in [0.2, 0.25) is 0 Å². The minimum absolute atomic E-state index is 0.268. The van der Waals surface area contributed by atoms with Gasteiger partial charge in [0.05, 0.1) is 28.7 Å². The predicted octanol–water partition coefficient (Wildman–Crippen LogP) is 11.4. The highest BCUT2D eigenvalue weighted by molar-refractivity contribution is 6.18. The first kappa shape index (κ1) is 29.7. The lowest BCUT2D eigenvalue weighted by Gasteiger charge is -2.24. The molecule has 1 N–H and O–H groups in total. The van der Waals surface area contributed by atoms with Crippen molar-refractivity contribution in [3.63, 3.8) is 0 Å². The molecule has 0 fully saturated rings. The Bertz CT molecular complexity index is 2910. The number of nitriles is 1. The van der Waals surface area contributed by atoms with Gasteiger partial charge < -0.3 is 14.3 Å². The highest BCUT2D eigenvalue weighted by atomic mass is 16.3. The Morgan fingerprint density at radius 1 is 0.577 bits per heavy atom. The number of nitrogens with one attached hydrogen (secondary N) is 1. The third-order valence-electron chi connectivity index (χ3n) is 10.1. The Morgan fingerprint density at radius 3 is 2.04 bits per heavy atom. The molecule has 244 valence electrons. The van der Waals surface area contributed by atoms with Gasteiger partial charge in [0.25, 0.3) is 0 Å². The summed E-state index contributed by atoms with van der Waals surface area (Å²) in [4.78, 5) is 5.33.